The van der Waals surface area contributed by atoms with Gasteiger partial charge in [0.2, 0.25) is 5.91 Å². The van der Waals surface area contributed by atoms with Crippen LogP contribution >= 0.6 is 23.1 Å². The molecular weight excluding hydrogens is 428 g/mol. The highest BCUT2D eigenvalue weighted by Crippen LogP contribution is 2.38. The molecule has 4 rings (SSSR count). The van der Waals surface area contributed by atoms with E-state index in [1.807, 2.05) is 18.2 Å². The van der Waals surface area contributed by atoms with Crippen molar-refractivity contribution >= 4 is 56.5 Å². The van der Waals surface area contributed by atoms with Crippen LogP contribution in [0.15, 0.2) is 64.8 Å². The Kier molecular flexibility index (Phi) is 6.01. The monoisotopic (exact) mass is 448 g/mol. The average Bonchev–Trinajstić information content (AvgIpc) is 3.03. The maximum Gasteiger partial charge on any atom is 0.256 e. The Labute approximate surface area is 188 Å². The Morgan fingerprint density at radius 3 is 2.48 bits per heavy atom. The third-order valence-corrected chi connectivity index (χ3v) is 6.90. The van der Waals surface area contributed by atoms with E-state index < -0.39 is 0 Å². The number of benzene rings is 2. The quantitative estimate of drug-likeness (QED) is 0.384. The normalized spacial score (nSPS) is 10.8. The molecule has 0 aliphatic carbocycles. The maximum atomic E-state index is 13.1. The topological polar surface area (TPSA) is 84.0 Å². The molecule has 8 heteroatoms. The highest BCUT2D eigenvalue weighted by atomic mass is 32.2. The maximum absolute atomic E-state index is 13.1. The van der Waals surface area contributed by atoms with Crippen molar-refractivity contribution in [1.82, 2.24) is 9.97 Å². The number of anilines is 2. The van der Waals surface area contributed by atoms with Crippen LogP contribution in [-0.2, 0) is 4.79 Å². The summed E-state index contributed by atoms with van der Waals surface area (Å²) in [5.41, 5.74) is 2.94. The molecule has 0 aliphatic rings. The first-order chi connectivity index (χ1) is 14.9. The van der Waals surface area contributed by atoms with Crippen molar-refractivity contribution in [3.63, 3.8) is 0 Å². The van der Waals surface area contributed by atoms with Crippen molar-refractivity contribution in [2.24, 2.45) is 0 Å². The molecule has 0 bridgehead atoms. The van der Waals surface area contributed by atoms with Crippen molar-refractivity contribution in [3.8, 4) is 0 Å². The Morgan fingerprint density at radius 2 is 1.71 bits per heavy atom. The van der Waals surface area contributed by atoms with Gasteiger partial charge in [0, 0.05) is 33.5 Å². The number of nitrogens with zero attached hydrogens (tertiary/aromatic N) is 2. The fraction of sp³-hybridized carbons (Fsp3) is 0.130. The highest BCUT2D eigenvalue weighted by molar-refractivity contribution is 7.99. The lowest BCUT2D eigenvalue weighted by Crippen LogP contribution is -2.13. The van der Waals surface area contributed by atoms with Gasteiger partial charge in [0.1, 0.15) is 16.2 Å². The number of thiophene rings is 1. The van der Waals surface area contributed by atoms with E-state index in [-0.39, 0.29) is 11.8 Å². The predicted molar refractivity (Wildman–Crippen MR) is 126 cm³/mol. The first-order valence-electron chi connectivity index (χ1n) is 9.59. The van der Waals surface area contributed by atoms with Crippen LogP contribution < -0.4 is 10.6 Å². The van der Waals surface area contributed by atoms with Gasteiger partial charge in [-0.25, -0.2) is 9.97 Å². The summed E-state index contributed by atoms with van der Waals surface area (Å²) in [5, 5.41) is 7.50. The van der Waals surface area contributed by atoms with Gasteiger partial charge < -0.3 is 10.6 Å². The van der Waals surface area contributed by atoms with E-state index in [4.69, 9.17) is 0 Å². The summed E-state index contributed by atoms with van der Waals surface area (Å²) in [6, 6.07) is 14.5. The molecule has 2 aromatic carbocycles. The lowest BCUT2D eigenvalue weighted by molar-refractivity contribution is -0.114. The largest absolute Gasteiger partial charge is 0.326 e. The van der Waals surface area contributed by atoms with E-state index in [2.05, 4.69) is 34.4 Å². The molecule has 2 amide bonds. The van der Waals surface area contributed by atoms with E-state index in [9.17, 15) is 9.59 Å². The first-order valence-corrected chi connectivity index (χ1v) is 11.2. The van der Waals surface area contributed by atoms with Gasteiger partial charge in [-0.3, -0.25) is 9.59 Å². The predicted octanol–water partition coefficient (Wildman–Crippen LogP) is 5.67. The van der Waals surface area contributed by atoms with E-state index in [0.29, 0.717) is 16.9 Å². The van der Waals surface area contributed by atoms with E-state index in [0.717, 1.165) is 20.1 Å². The lowest BCUT2D eigenvalue weighted by Gasteiger charge is -2.11. The molecule has 0 atom stereocenters. The molecule has 156 valence electrons. The van der Waals surface area contributed by atoms with Gasteiger partial charge >= 0.3 is 0 Å². The molecule has 4 aromatic rings. The van der Waals surface area contributed by atoms with Crippen LogP contribution in [0.4, 0.5) is 11.4 Å². The SMILES string of the molecule is CC(=O)Nc1cccc(NC(=O)c2ccccc2Sc2ncnc3sc(C)c(C)c23)c1. The van der Waals surface area contributed by atoms with Crippen molar-refractivity contribution < 1.29 is 9.59 Å². The van der Waals surface area contributed by atoms with Crippen LogP contribution in [0.2, 0.25) is 0 Å². The van der Waals surface area contributed by atoms with Crippen LogP contribution in [-0.4, -0.2) is 21.8 Å². The minimum absolute atomic E-state index is 0.166. The molecule has 2 heterocycles. The van der Waals surface area contributed by atoms with Gasteiger partial charge in [-0.2, -0.15) is 0 Å². The number of nitrogens with one attached hydrogen (secondary N) is 2. The number of fused-ring (bicyclic) bond motifs is 1. The number of carbonyl (C=O) groups is 2. The van der Waals surface area contributed by atoms with Crippen molar-refractivity contribution in [2.75, 3.05) is 10.6 Å². The van der Waals surface area contributed by atoms with Crippen LogP contribution in [0, 0.1) is 13.8 Å². The van der Waals surface area contributed by atoms with Gasteiger partial charge in [-0.15, -0.1) is 11.3 Å². The smallest absolute Gasteiger partial charge is 0.256 e. The molecule has 2 aromatic heterocycles. The number of hydrogen-bond acceptors (Lipinski definition) is 6. The summed E-state index contributed by atoms with van der Waals surface area (Å²) < 4.78 is 0. The zero-order valence-electron chi connectivity index (χ0n) is 17.2. The number of rotatable bonds is 5. The molecule has 0 fully saturated rings. The van der Waals surface area contributed by atoms with Crippen LogP contribution in [0.5, 0.6) is 0 Å². The standard InChI is InChI=1S/C23H20N4O2S2/c1-13-14(2)30-22-20(13)23(25-12-24-22)31-19-10-5-4-9-18(19)21(29)27-17-8-6-7-16(11-17)26-15(3)28/h4-12H,1-3H3,(H,26,28)(H,27,29). The summed E-state index contributed by atoms with van der Waals surface area (Å²) in [7, 11) is 0. The van der Waals surface area contributed by atoms with E-state index in [1.165, 1.54) is 29.1 Å². The fourth-order valence-electron chi connectivity index (χ4n) is 3.15. The van der Waals surface area contributed by atoms with E-state index >= 15 is 0 Å². The zero-order chi connectivity index (χ0) is 22.0. The summed E-state index contributed by atoms with van der Waals surface area (Å²) >= 11 is 3.11. The number of aryl methyl sites for hydroxylation is 2. The summed E-state index contributed by atoms with van der Waals surface area (Å²) in [6.45, 7) is 5.59. The van der Waals surface area contributed by atoms with Crippen molar-refractivity contribution in [2.45, 2.75) is 30.7 Å². The molecule has 0 saturated carbocycles. The summed E-state index contributed by atoms with van der Waals surface area (Å²) in [4.78, 5) is 36.2. The second-order valence-electron chi connectivity index (χ2n) is 6.96. The minimum atomic E-state index is -0.230. The molecule has 0 radical (unpaired) electrons. The molecule has 2 N–H and O–H groups in total. The summed E-state index contributed by atoms with van der Waals surface area (Å²) in [5.74, 6) is -0.396. The van der Waals surface area contributed by atoms with Crippen LogP contribution in [0.25, 0.3) is 10.2 Å². The Bertz CT molecular complexity index is 1300. The highest BCUT2D eigenvalue weighted by Gasteiger charge is 2.17. The number of carbonyl (C=O) groups excluding carboxylic acids is 2. The molecule has 0 saturated heterocycles. The molecule has 6 nitrogen and oxygen atoms in total. The second-order valence-corrected chi connectivity index (χ2v) is 9.19. The first kappa shape index (κ1) is 21.0. The van der Waals surface area contributed by atoms with Crippen molar-refractivity contribution in [1.29, 1.82) is 0 Å². The number of hydrogen-bond donors (Lipinski definition) is 2. The number of amides is 2. The lowest BCUT2D eigenvalue weighted by atomic mass is 10.2. The summed E-state index contributed by atoms with van der Waals surface area (Å²) in [6.07, 6.45) is 1.57. The molecular formula is C23H20N4O2S2. The Balaban J connectivity index is 1.63. The van der Waals surface area contributed by atoms with Gasteiger partial charge in [0.25, 0.3) is 5.91 Å². The third-order valence-electron chi connectivity index (χ3n) is 4.71. The van der Waals surface area contributed by atoms with Crippen LogP contribution in [0.1, 0.15) is 27.7 Å². The molecule has 31 heavy (non-hydrogen) atoms. The Morgan fingerprint density at radius 1 is 0.968 bits per heavy atom. The van der Waals surface area contributed by atoms with Crippen molar-refractivity contribution in [3.05, 3.63) is 70.9 Å². The van der Waals surface area contributed by atoms with Gasteiger partial charge in [-0.05, 0) is 49.7 Å². The molecule has 0 spiro atoms. The fourth-order valence-corrected chi connectivity index (χ4v) is 5.29. The Hall–Kier alpha value is -3.23. The molecule has 0 unspecified atom stereocenters. The third kappa shape index (κ3) is 4.60. The van der Waals surface area contributed by atoms with E-state index in [1.54, 1.807) is 48.0 Å². The van der Waals surface area contributed by atoms with Gasteiger partial charge in [0.15, 0.2) is 0 Å². The van der Waals surface area contributed by atoms with Gasteiger partial charge in [-0.1, -0.05) is 30.0 Å². The minimum Gasteiger partial charge on any atom is -0.326 e. The number of aromatic nitrogens is 2. The van der Waals surface area contributed by atoms with Crippen LogP contribution in [0.3, 0.4) is 0 Å². The zero-order valence-corrected chi connectivity index (χ0v) is 18.9. The average molecular weight is 449 g/mol. The van der Waals surface area contributed by atoms with Gasteiger partial charge in [0.05, 0.1) is 5.56 Å². The molecule has 0 aliphatic heterocycles. The second kappa shape index (κ2) is 8.87.